The molecule has 0 aliphatic carbocycles. The maximum atomic E-state index is 13.3. The highest BCUT2D eigenvalue weighted by molar-refractivity contribution is 7.15. The third-order valence-corrected chi connectivity index (χ3v) is 5.69. The Morgan fingerprint density at radius 2 is 1.45 bits per heavy atom. The van der Waals surface area contributed by atoms with Crippen LogP contribution in [-0.2, 0) is 0 Å². The smallest absolute Gasteiger partial charge is 0.267 e. The van der Waals surface area contributed by atoms with Crippen molar-refractivity contribution in [1.82, 2.24) is 9.38 Å². The molecular formula is C24H15FN2OS. The van der Waals surface area contributed by atoms with Crippen LogP contribution in [0.2, 0.25) is 0 Å². The van der Waals surface area contributed by atoms with Crippen molar-refractivity contribution < 1.29 is 4.39 Å². The Labute approximate surface area is 170 Å². The molecule has 0 aliphatic rings. The lowest BCUT2D eigenvalue weighted by atomic mass is 10.1. The monoisotopic (exact) mass is 398 g/mol. The zero-order valence-corrected chi connectivity index (χ0v) is 16.1. The standard InChI is InChI=1S/C24H15FN2OS/c25-19-13-11-16(12-14-19)15-20-23(28)27-22(18-9-5-2-6-10-18)21(26-24(27)29-20)17-7-3-1-4-8-17/h1-15H. The molecule has 5 rings (SSSR count). The number of nitrogens with zero attached hydrogens (tertiary/aromatic N) is 2. The predicted octanol–water partition coefficient (Wildman–Crippen LogP) is 4.78. The van der Waals surface area contributed by atoms with E-state index in [1.165, 1.54) is 23.5 Å². The van der Waals surface area contributed by atoms with Crippen molar-refractivity contribution in [3.8, 4) is 22.5 Å². The van der Waals surface area contributed by atoms with Gasteiger partial charge in [-0.3, -0.25) is 4.79 Å². The van der Waals surface area contributed by atoms with Gasteiger partial charge in [0.05, 0.1) is 15.9 Å². The number of halogens is 1. The fourth-order valence-electron chi connectivity index (χ4n) is 3.37. The average Bonchev–Trinajstić information content (AvgIpc) is 3.28. The molecule has 0 N–H and O–H groups in total. The van der Waals surface area contributed by atoms with Crippen LogP contribution in [0.5, 0.6) is 0 Å². The summed E-state index contributed by atoms with van der Waals surface area (Å²) in [6.45, 7) is 0. The fourth-order valence-corrected chi connectivity index (χ4v) is 4.34. The Morgan fingerprint density at radius 3 is 2.10 bits per heavy atom. The Hall–Kier alpha value is -3.57. The Balaban J connectivity index is 1.79. The van der Waals surface area contributed by atoms with Gasteiger partial charge in [0, 0.05) is 11.1 Å². The minimum atomic E-state index is -0.302. The number of thiazole rings is 1. The van der Waals surface area contributed by atoms with Gasteiger partial charge in [-0.2, -0.15) is 0 Å². The number of rotatable bonds is 3. The number of hydrogen-bond donors (Lipinski definition) is 0. The van der Waals surface area contributed by atoms with Crippen molar-refractivity contribution >= 4 is 22.4 Å². The molecule has 3 nitrogen and oxygen atoms in total. The highest BCUT2D eigenvalue weighted by Gasteiger charge is 2.19. The maximum absolute atomic E-state index is 13.3. The lowest BCUT2D eigenvalue weighted by Crippen LogP contribution is -2.23. The van der Waals surface area contributed by atoms with Gasteiger partial charge in [-0.05, 0) is 23.8 Å². The van der Waals surface area contributed by atoms with E-state index >= 15 is 0 Å². The summed E-state index contributed by atoms with van der Waals surface area (Å²) in [5.41, 5.74) is 4.12. The molecule has 0 bridgehead atoms. The summed E-state index contributed by atoms with van der Waals surface area (Å²) in [4.78, 5) is 18.7. The molecule has 3 aromatic carbocycles. The quantitative estimate of drug-likeness (QED) is 0.438. The first-order valence-electron chi connectivity index (χ1n) is 9.14. The Kier molecular flexibility index (Phi) is 4.30. The topological polar surface area (TPSA) is 34.4 Å². The molecule has 0 radical (unpaired) electrons. The summed E-state index contributed by atoms with van der Waals surface area (Å²) >= 11 is 1.34. The van der Waals surface area contributed by atoms with Gasteiger partial charge < -0.3 is 0 Å². The van der Waals surface area contributed by atoms with Crippen LogP contribution in [0.3, 0.4) is 0 Å². The van der Waals surface area contributed by atoms with E-state index in [9.17, 15) is 9.18 Å². The third kappa shape index (κ3) is 3.15. The van der Waals surface area contributed by atoms with Gasteiger partial charge in [0.2, 0.25) is 0 Å². The molecule has 0 fully saturated rings. The zero-order valence-electron chi connectivity index (χ0n) is 15.2. The van der Waals surface area contributed by atoms with E-state index in [0.29, 0.717) is 9.49 Å². The van der Waals surface area contributed by atoms with Crippen molar-refractivity contribution in [2.45, 2.75) is 0 Å². The summed E-state index contributed by atoms with van der Waals surface area (Å²) in [5.74, 6) is -0.302. The van der Waals surface area contributed by atoms with E-state index in [2.05, 4.69) is 0 Å². The second-order valence-electron chi connectivity index (χ2n) is 6.63. The lowest BCUT2D eigenvalue weighted by Gasteiger charge is -2.04. The van der Waals surface area contributed by atoms with Gasteiger partial charge in [0.25, 0.3) is 5.56 Å². The van der Waals surface area contributed by atoms with Gasteiger partial charge in [-0.25, -0.2) is 13.8 Å². The van der Waals surface area contributed by atoms with Crippen LogP contribution in [0.15, 0.2) is 89.7 Å². The third-order valence-electron chi connectivity index (χ3n) is 4.72. The molecule has 0 atom stereocenters. The van der Waals surface area contributed by atoms with Crippen LogP contribution in [-0.4, -0.2) is 9.38 Å². The Bertz CT molecular complexity index is 1410. The van der Waals surface area contributed by atoms with Gasteiger partial charge in [-0.1, -0.05) is 84.1 Å². The van der Waals surface area contributed by atoms with E-state index in [-0.39, 0.29) is 11.4 Å². The first-order chi connectivity index (χ1) is 14.2. The van der Waals surface area contributed by atoms with Crippen LogP contribution in [0.1, 0.15) is 5.56 Å². The van der Waals surface area contributed by atoms with Gasteiger partial charge in [0.1, 0.15) is 5.82 Å². The molecular weight excluding hydrogens is 383 g/mol. The van der Waals surface area contributed by atoms with E-state index in [1.54, 1.807) is 22.6 Å². The van der Waals surface area contributed by atoms with Gasteiger partial charge in [-0.15, -0.1) is 0 Å². The summed E-state index contributed by atoms with van der Waals surface area (Å²) < 4.78 is 15.4. The first kappa shape index (κ1) is 17.5. The minimum absolute atomic E-state index is 0.122. The number of fused-ring (bicyclic) bond motifs is 1. The fraction of sp³-hybridized carbons (Fsp3) is 0. The number of imidazole rings is 1. The van der Waals surface area contributed by atoms with Crippen LogP contribution in [0.4, 0.5) is 4.39 Å². The van der Waals surface area contributed by atoms with E-state index in [0.717, 1.165) is 28.1 Å². The molecule has 0 saturated heterocycles. The normalized spacial score (nSPS) is 12.0. The Morgan fingerprint density at radius 1 is 0.828 bits per heavy atom. The summed E-state index contributed by atoms with van der Waals surface area (Å²) in [5, 5.41) is 0. The highest BCUT2D eigenvalue weighted by Crippen LogP contribution is 2.32. The predicted molar refractivity (Wildman–Crippen MR) is 115 cm³/mol. The van der Waals surface area contributed by atoms with Crippen LogP contribution < -0.4 is 10.1 Å². The van der Waals surface area contributed by atoms with Crippen molar-refractivity contribution in [2.24, 2.45) is 0 Å². The second-order valence-corrected chi connectivity index (χ2v) is 7.64. The second kappa shape index (κ2) is 7.11. The minimum Gasteiger partial charge on any atom is -0.267 e. The molecule has 0 spiro atoms. The number of hydrogen-bond acceptors (Lipinski definition) is 3. The van der Waals surface area contributed by atoms with Crippen LogP contribution >= 0.6 is 11.3 Å². The molecule has 5 heteroatoms. The van der Waals surface area contributed by atoms with Crippen molar-refractivity contribution in [2.75, 3.05) is 0 Å². The van der Waals surface area contributed by atoms with E-state index in [1.807, 2.05) is 60.7 Å². The van der Waals surface area contributed by atoms with Crippen LogP contribution in [0.25, 0.3) is 33.6 Å². The zero-order chi connectivity index (χ0) is 19.8. The molecule has 29 heavy (non-hydrogen) atoms. The molecule has 2 aromatic heterocycles. The number of aromatic nitrogens is 2. The molecule has 2 heterocycles. The van der Waals surface area contributed by atoms with Crippen molar-refractivity contribution in [3.63, 3.8) is 0 Å². The summed E-state index contributed by atoms with van der Waals surface area (Å²) in [6.07, 6.45) is 1.78. The number of benzene rings is 3. The first-order valence-corrected chi connectivity index (χ1v) is 9.96. The maximum Gasteiger partial charge on any atom is 0.274 e. The van der Waals surface area contributed by atoms with Crippen molar-refractivity contribution in [1.29, 1.82) is 0 Å². The summed E-state index contributed by atoms with van der Waals surface area (Å²) in [6, 6.07) is 25.8. The molecule has 0 unspecified atom stereocenters. The van der Waals surface area contributed by atoms with E-state index < -0.39 is 0 Å². The lowest BCUT2D eigenvalue weighted by molar-refractivity contribution is 0.628. The largest absolute Gasteiger partial charge is 0.274 e. The molecule has 0 amide bonds. The van der Waals surface area contributed by atoms with Crippen LogP contribution in [0, 0.1) is 5.82 Å². The summed E-state index contributed by atoms with van der Waals surface area (Å²) in [7, 11) is 0. The molecule has 140 valence electrons. The van der Waals surface area contributed by atoms with E-state index in [4.69, 9.17) is 4.98 Å². The molecule has 0 saturated carbocycles. The molecule has 0 aliphatic heterocycles. The van der Waals surface area contributed by atoms with Gasteiger partial charge in [0.15, 0.2) is 4.96 Å². The SMILES string of the molecule is O=c1c(=Cc2ccc(F)cc2)sc2nc(-c3ccccc3)c(-c3ccccc3)n12. The van der Waals surface area contributed by atoms with Crippen molar-refractivity contribution in [3.05, 3.63) is 111 Å². The van der Waals surface area contributed by atoms with Gasteiger partial charge >= 0.3 is 0 Å². The average molecular weight is 398 g/mol. The highest BCUT2D eigenvalue weighted by atomic mass is 32.1. The molecule has 5 aromatic rings.